The van der Waals surface area contributed by atoms with Gasteiger partial charge in [0.2, 0.25) is 0 Å². The quantitative estimate of drug-likeness (QED) is 0.369. The highest BCUT2D eigenvalue weighted by molar-refractivity contribution is 5.95. The zero-order valence-electron chi connectivity index (χ0n) is 22.9. The largest absolute Gasteiger partial charge is 0.454 e. The molecule has 1 N–H and O–H groups in total. The second-order valence-corrected chi connectivity index (χ2v) is 11.5. The Balaban J connectivity index is 1.16. The summed E-state index contributed by atoms with van der Waals surface area (Å²) in [4.78, 5) is 26.4. The molecule has 4 saturated heterocycles. The maximum absolute atomic E-state index is 13.8. The number of hydrogen-bond donors (Lipinski definition) is 1. The highest BCUT2D eigenvalue weighted by Gasteiger charge is 2.35. The lowest BCUT2D eigenvalue weighted by Gasteiger charge is -2.44. The number of halogens is 1. The van der Waals surface area contributed by atoms with Crippen molar-refractivity contribution in [1.82, 2.24) is 20.2 Å². The Labute approximate surface area is 237 Å². The van der Waals surface area contributed by atoms with Crippen LogP contribution in [0.3, 0.4) is 0 Å². The molecule has 1 amide bonds. The number of rotatable bonds is 5. The van der Waals surface area contributed by atoms with E-state index in [1.807, 2.05) is 48.2 Å². The lowest BCUT2D eigenvalue weighted by molar-refractivity contribution is 0.0617. The third-order valence-corrected chi connectivity index (χ3v) is 8.89. The lowest BCUT2D eigenvalue weighted by Crippen LogP contribution is -2.57. The molecule has 1 aromatic carbocycles. The summed E-state index contributed by atoms with van der Waals surface area (Å²) in [6, 6.07) is 13.7. The van der Waals surface area contributed by atoms with Crippen LogP contribution in [0, 0.1) is 24.2 Å². The van der Waals surface area contributed by atoms with E-state index >= 15 is 0 Å². The number of pyridine rings is 2. The minimum absolute atomic E-state index is 0.139. The van der Waals surface area contributed by atoms with Crippen LogP contribution in [0.1, 0.15) is 40.9 Å². The number of anilines is 1. The normalized spacial score (nSPS) is 23.6. The Morgan fingerprint density at radius 2 is 1.93 bits per heavy atom. The van der Waals surface area contributed by atoms with Gasteiger partial charge in [-0.1, -0.05) is 6.07 Å². The zero-order chi connectivity index (χ0) is 28.1. The van der Waals surface area contributed by atoms with E-state index in [2.05, 4.69) is 26.3 Å². The van der Waals surface area contributed by atoms with Crippen molar-refractivity contribution >= 4 is 22.7 Å². The number of piperidine rings is 3. The van der Waals surface area contributed by atoms with Crippen LogP contribution in [-0.4, -0.2) is 65.7 Å². The summed E-state index contributed by atoms with van der Waals surface area (Å²) >= 11 is 0. The molecule has 4 fully saturated rings. The summed E-state index contributed by atoms with van der Waals surface area (Å²) < 4.78 is 20.1. The van der Waals surface area contributed by atoms with E-state index in [1.165, 1.54) is 0 Å². The number of carbonyl (C=O) groups excluding carboxylic acids is 1. The van der Waals surface area contributed by atoms with Crippen molar-refractivity contribution in [2.24, 2.45) is 5.92 Å². The molecule has 7 heterocycles. The second kappa shape index (κ2) is 10.3. The number of aryl methyl sites for hydroxylation is 1. The van der Waals surface area contributed by atoms with E-state index in [9.17, 15) is 14.4 Å². The number of benzene rings is 1. The molecule has 0 aliphatic carbocycles. The van der Waals surface area contributed by atoms with Gasteiger partial charge in [0, 0.05) is 55.3 Å². The Kier molecular flexibility index (Phi) is 6.43. The number of nitrogens with zero attached hydrogens (tertiary/aromatic N) is 5. The first-order valence-corrected chi connectivity index (χ1v) is 14.3. The maximum atomic E-state index is 13.8. The van der Waals surface area contributed by atoms with E-state index in [1.54, 1.807) is 12.4 Å². The van der Waals surface area contributed by atoms with Gasteiger partial charge in [-0.2, -0.15) is 5.26 Å². The topological polar surface area (TPSA) is 98.3 Å². The van der Waals surface area contributed by atoms with Crippen LogP contribution in [0.2, 0.25) is 0 Å². The number of nitrogens with one attached hydrogen (secondary N) is 1. The molecule has 41 heavy (non-hydrogen) atoms. The number of hydrogen-bond acceptors (Lipinski definition) is 7. The minimum Gasteiger partial charge on any atom is -0.454 e. The first-order chi connectivity index (χ1) is 20.0. The molecule has 4 aliphatic heterocycles. The van der Waals surface area contributed by atoms with Gasteiger partial charge in [-0.25, -0.2) is 4.39 Å². The molecule has 4 aliphatic rings. The van der Waals surface area contributed by atoms with E-state index < -0.39 is 6.17 Å². The third-order valence-electron chi connectivity index (χ3n) is 8.89. The summed E-state index contributed by atoms with van der Waals surface area (Å²) in [7, 11) is 0. The van der Waals surface area contributed by atoms with E-state index in [0.29, 0.717) is 53.5 Å². The predicted molar refractivity (Wildman–Crippen MR) is 154 cm³/mol. The monoisotopic (exact) mass is 550 g/mol. The third kappa shape index (κ3) is 4.72. The van der Waals surface area contributed by atoms with Crippen LogP contribution in [0.5, 0.6) is 0 Å². The van der Waals surface area contributed by atoms with E-state index in [4.69, 9.17) is 4.42 Å². The molecule has 0 saturated carbocycles. The number of nitriles is 1. The summed E-state index contributed by atoms with van der Waals surface area (Å²) in [5.41, 5.74) is 6.25. The Bertz CT molecular complexity index is 1690. The molecule has 2 bridgehead atoms. The van der Waals surface area contributed by atoms with Gasteiger partial charge in [-0.15, -0.1) is 0 Å². The molecule has 3 aromatic heterocycles. The van der Waals surface area contributed by atoms with Crippen molar-refractivity contribution in [3.05, 3.63) is 65.6 Å². The Hall–Kier alpha value is -4.29. The van der Waals surface area contributed by atoms with Crippen LogP contribution in [0.4, 0.5) is 10.1 Å². The molecule has 2 atom stereocenters. The van der Waals surface area contributed by atoms with Gasteiger partial charge in [0.15, 0.2) is 5.58 Å². The number of amides is 1. The van der Waals surface area contributed by atoms with Crippen molar-refractivity contribution < 1.29 is 13.6 Å². The second-order valence-electron chi connectivity index (χ2n) is 11.5. The molecule has 4 aromatic rings. The maximum Gasteiger partial charge on any atom is 0.270 e. The van der Waals surface area contributed by atoms with Gasteiger partial charge < -0.3 is 19.5 Å². The molecule has 0 radical (unpaired) electrons. The standard InChI is InChI=1S/C32H31FN6O2/c1-19-12-27(32(40)37-28-18-38-9-5-20(28)6-10-38)36-16-25(19)30-14-26-31(41-30)24(4-8-35-26)21-2-3-29(22(13-21)15-34)39-11-7-23(33)17-39/h2-4,8,12-14,16,20,23,28H,5-7,9-11,17-18H2,1H3,(H,37,40). The van der Waals surface area contributed by atoms with Gasteiger partial charge in [0.1, 0.15) is 29.2 Å². The van der Waals surface area contributed by atoms with Gasteiger partial charge in [-0.05, 0) is 80.6 Å². The molecule has 8 rings (SSSR count). The van der Waals surface area contributed by atoms with Crippen molar-refractivity contribution in [3.8, 4) is 28.5 Å². The number of aromatic nitrogens is 2. The summed E-state index contributed by atoms with van der Waals surface area (Å²) in [5, 5.41) is 13.1. The lowest BCUT2D eigenvalue weighted by atomic mass is 9.84. The van der Waals surface area contributed by atoms with Crippen molar-refractivity contribution in [2.45, 2.75) is 38.4 Å². The fourth-order valence-electron chi connectivity index (χ4n) is 6.61. The van der Waals surface area contributed by atoms with Gasteiger partial charge in [0.05, 0.1) is 11.3 Å². The van der Waals surface area contributed by atoms with E-state index in [0.717, 1.165) is 60.4 Å². The minimum atomic E-state index is -0.867. The molecule has 9 heteroatoms. The number of alkyl halides is 1. The highest BCUT2D eigenvalue weighted by atomic mass is 19.1. The van der Waals surface area contributed by atoms with Gasteiger partial charge >= 0.3 is 0 Å². The molecule has 0 spiro atoms. The van der Waals surface area contributed by atoms with Gasteiger partial charge in [-0.3, -0.25) is 14.8 Å². The van der Waals surface area contributed by atoms with Crippen LogP contribution < -0.4 is 10.2 Å². The average Bonchev–Trinajstić information content (AvgIpc) is 3.63. The van der Waals surface area contributed by atoms with Gasteiger partial charge in [0.25, 0.3) is 5.91 Å². The molecule has 2 unspecified atom stereocenters. The van der Waals surface area contributed by atoms with Crippen molar-refractivity contribution in [3.63, 3.8) is 0 Å². The molecular formula is C32H31FN6O2. The molecule has 208 valence electrons. The van der Waals surface area contributed by atoms with E-state index in [-0.39, 0.29) is 11.9 Å². The van der Waals surface area contributed by atoms with Crippen LogP contribution in [0.15, 0.2) is 53.2 Å². The molecular weight excluding hydrogens is 519 g/mol. The zero-order valence-corrected chi connectivity index (χ0v) is 22.9. The fraction of sp³-hybridized carbons (Fsp3) is 0.375. The summed E-state index contributed by atoms with van der Waals surface area (Å²) in [6.45, 7) is 6.02. The van der Waals surface area contributed by atoms with Crippen LogP contribution >= 0.6 is 0 Å². The SMILES string of the molecule is Cc1cc(C(=O)NC2CN3CCC2CC3)ncc1-c1cc2nccc(-c3ccc(N4CCC(F)C4)c(C#N)c3)c2o1. The predicted octanol–water partition coefficient (Wildman–Crippen LogP) is 5.11. The smallest absolute Gasteiger partial charge is 0.270 e. The Morgan fingerprint density at radius 1 is 1.07 bits per heavy atom. The Morgan fingerprint density at radius 3 is 2.63 bits per heavy atom. The molecule has 8 nitrogen and oxygen atoms in total. The fourth-order valence-corrected chi connectivity index (χ4v) is 6.61. The van der Waals surface area contributed by atoms with Crippen molar-refractivity contribution in [2.75, 3.05) is 37.6 Å². The van der Waals surface area contributed by atoms with Crippen molar-refractivity contribution in [1.29, 1.82) is 5.26 Å². The first kappa shape index (κ1) is 25.7. The van der Waals surface area contributed by atoms with Crippen LogP contribution in [0.25, 0.3) is 33.6 Å². The van der Waals surface area contributed by atoms with Crippen LogP contribution in [-0.2, 0) is 0 Å². The number of furan rings is 1. The number of fused-ring (bicyclic) bond motifs is 4. The summed E-state index contributed by atoms with van der Waals surface area (Å²) in [6.07, 6.45) is 5.30. The average molecular weight is 551 g/mol. The first-order valence-electron chi connectivity index (χ1n) is 14.3. The number of carbonyl (C=O) groups is 1. The summed E-state index contributed by atoms with van der Waals surface area (Å²) in [5.74, 6) is 1.02. The highest BCUT2D eigenvalue weighted by Crippen LogP contribution is 2.37.